The molecule has 0 aliphatic carbocycles. The Balaban J connectivity index is 4.42. The van der Waals surface area contributed by atoms with Crippen LogP contribution < -0.4 is 0 Å². The zero-order valence-electron chi connectivity index (χ0n) is 47.4. The fourth-order valence-electron chi connectivity index (χ4n) is 8.54. The molecule has 6 nitrogen and oxygen atoms in total. The average Bonchev–Trinajstić information content (AvgIpc) is 3.38. The van der Waals surface area contributed by atoms with Crippen LogP contribution in [0.25, 0.3) is 0 Å². The molecule has 0 saturated carbocycles. The molecule has 0 amide bonds. The van der Waals surface area contributed by atoms with Crippen LogP contribution in [0.5, 0.6) is 0 Å². The highest BCUT2D eigenvalue weighted by Crippen LogP contribution is 2.15. The molecular weight excluding hydrogens is 889 g/mol. The molecule has 414 valence electrons. The van der Waals surface area contributed by atoms with Crippen molar-refractivity contribution >= 4 is 17.9 Å². The van der Waals surface area contributed by atoms with Crippen LogP contribution in [0.1, 0.15) is 297 Å². The molecule has 0 aliphatic heterocycles. The number of unbranched alkanes of at least 4 members (excludes halogenated alkanes) is 31. The lowest BCUT2D eigenvalue weighted by Crippen LogP contribution is -2.30. The van der Waals surface area contributed by atoms with Crippen molar-refractivity contribution in [2.45, 2.75) is 303 Å². The lowest BCUT2D eigenvalue weighted by molar-refractivity contribution is -0.167. The summed E-state index contributed by atoms with van der Waals surface area (Å²) in [6.07, 6.45) is 78.6. The number of allylic oxidation sites excluding steroid dienone is 14. The van der Waals surface area contributed by atoms with Crippen LogP contribution in [0, 0.1) is 0 Å². The third-order valence-electron chi connectivity index (χ3n) is 13.1. The van der Waals surface area contributed by atoms with E-state index < -0.39 is 6.10 Å². The van der Waals surface area contributed by atoms with Gasteiger partial charge in [0.15, 0.2) is 6.10 Å². The Labute approximate surface area is 445 Å². The van der Waals surface area contributed by atoms with Crippen LogP contribution in [-0.4, -0.2) is 37.2 Å². The summed E-state index contributed by atoms with van der Waals surface area (Å²) < 4.78 is 16.9. The second-order valence-corrected chi connectivity index (χ2v) is 20.3. The largest absolute Gasteiger partial charge is 0.462 e. The molecule has 0 spiro atoms. The molecule has 72 heavy (non-hydrogen) atoms. The molecule has 0 aromatic rings. The van der Waals surface area contributed by atoms with Crippen LogP contribution in [0.4, 0.5) is 0 Å². The number of esters is 3. The van der Waals surface area contributed by atoms with Crippen molar-refractivity contribution in [1.82, 2.24) is 0 Å². The topological polar surface area (TPSA) is 78.9 Å². The minimum atomic E-state index is -0.792. The Morgan fingerprint density at radius 2 is 0.583 bits per heavy atom. The van der Waals surface area contributed by atoms with Gasteiger partial charge in [0, 0.05) is 19.3 Å². The van der Waals surface area contributed by atoms with Crippen molar-refractivity contribution in [3.63, 3.8) is 0 Å². The number of ether oxygens (including phenoxy) is 3. The quantitative estimate of drug-likeness (QED) is 0.0199. The highest BCUT2D eigenvalue weighted by Gasteiger charge is 2.19. The first-order chi connectivity index (χ1) is 35.5. The van der Waals surface area contributed by atoms with Gasteiger partial charge < -0.3 is 14.2 Å². The lowest BCUT2D eigenvalue weighted by Gasteiger charge is -2.18. The van der Waals surface area contributed by atoms with E-state index in [1.165, 1.54) is 148 Å². The summed E-state index contributed by atoms with van der Waals surface area (Å²) in [5.74, 6) is -0.906. The number of carbonyl (C=O) groups excluding carboxylic acids is 3. The van der Waals surface area contributed by atoms with Crippen LogP contribution in [0.2, 0.25) is 0 Å². The molecule has 0 radical (unpaired) electrons. The third kappa shape index (κ3) is 57.5. The first kappa shape index (κ1) is 68.6. The van der Waals surface area contributed by atoms with Gasteiger partial charge in [-0.05, 0) is 109 Å². The summed E-state index contributed by atoms with van der Waals surface area (Å²) in [5.41, 5.74) is 0. The highest BCUT2D eigenvalue weighted by molar-refractivity contribution is 5.71. The van der Waals surface area contributed by atoms with Gasteiger partial charge >= 0.3 is 17.9 Å². The summed E-state index contributed by atoms with van der Waals surface area (Å²) in [6.45, 7) is 6.50. The van der Waals surface area contributed by atoms with E-state index in [-0.39, 0.29) is 31.1 Å². The van der Waals surface area contributed by atoms with Crippen LogP contribution in [0.3, 0.4) is 0 Å². The zero-order valence-corrected chi connectivity index (χ0v) is 47.4. The van der Waals surface area contributed by atoms with E-state index in [0.29, 0.717) is 19.3 Å². The maximum absolute atomic E-state index is 12.9. The molecule has 0 heterocycles. The van der Waals surface area contributed by atoms with Crippen molar-refractivity contribution < 1.29 is 28.6 Å². The molecule has 0 N–H and O–H groups in total. The van der Waals surface area contributed by atoms with Gasteiger partial charge in [0.05, 0.1) is 0 Å². The van der Waals surface area contributed by atoms with E-state index in [4.69, 9.17) is 14.2 Å². The average molecular weight is 1000 g/mol. The maximum Gasteiger partial charge on any atom is 0.306 e. The van der Waals surface area contributed by atoms with E-state index in [2.05, 4.69) is 106 Å². The van der Waals surface area contributed by atoms with Gasteiger partial charge in [0.1, 0.15) is 13.2 Å². The summed E-state index contributed by atoms with van der Waals surface area (Å²) in [4.78, 5) is 38.3. The van der Waals surface area contributed by atoms with Crippen molar-refractivity contribution in [2.24, 2.45) is 0 Å². The Hall–Kier alpha value is -3.41. The fraction of sp³-hybridized carbons (Fsp3) is 0.742. The van der Waals surface area contributed by atoms with E-state index >= 15 is 0 Å². The molecule has 1 unspecified atom stereocenters. The van der Waals surface area contributed by atoms with E-state index in [1.54, 1.807) is 0 Å². The number of hydrogen-bond donors (Lipinski definition) is 0. The summed E-state index contributed by atoms with van der Waals surface area (Å²) >= 11 is 0. The van der Waals surface area contributed by atoms with E-state index in [1.807, 2.05) is 0 Å². The zero-order chi connectivity index (χ0) is 52.2. The van der Waals surface area contributed by atoms with Gasteiger partial charge in [-0.3, -0.25) is 14.4 Å². The number of hydrogen-bond acceptors (Lipinski definition) is 6. The Bertz CT molecular complexity index is 1380. The predicted octanol–water partition coefficient (Wildman–Crippen LogP) is 20.7. The molecule has 0 aromatic carbocycles. The Morgan fingerprint density at radius 1 is 0.306 bits per heavy atom. The minimum Gasteiger partial charge on any atom is -0.462 e. The summed E-state index contributed by atoms with van der Waals surface area (Å²) in [6, 6.07) is 0. The standard InChI is InChI=1S/C66H114O6/c1-4-7-10-13-16-19-22-25-28-31-33-36-38-41-44-47-50-53-56-59-65(68)71-62-63(61-70-64(67)58-55-52-49-46-43-40-37-34-30-27-24-21-18-15-12-9-6-3)72-66(69)60-57-54-51-48-45-42-39-35-32-29-26-23-20-17-14-11-8-5-2/h7,10,16,18-19,21,25,27-30,32,35,39,63H,4-6,8-9,11-15,17,20,22-24,26,31,33-34,36-38,40-62H2,1-3H3/b10-7-,19-16-,21-18-,28-25-,30-27-,32-29-,39-35-. The molecule has 0 rings (SSSR count). The monoisotopic (exact) mass is 1000 g/mol. The van der Waals surface area contributed by atoms with Crippen molar-refractivity contribution in [3.8, 4) is 0 Å². The summed E-state index contributed by atoms with van der Waals surface area (Å²) in [5, 5.41) is 0. The second-order valence-electron chi connectivity index (χ2n) is 20.3. The first-order valence-electron chi connectivity index (χ1n) is 30.6. The fourth-order valence-corrected chi connectivity index (χ4v) is 8.54. The van der Waals surface area contributed by atoms with Crippen LogP contribution in [0.15, 0.2) is 85.1 Å². The van der Waals surface area contributed by atoms with Gasteiger partial charge in [-0.15, -0.1) is 0 Å². The first-order valence-corrected chi connectivity index (χ1v) is 30.6. The molecule has 0 aliphatic rings. The Kier molecular flexibility index (Phi) is 57.3. The molecule has 0 fully saturated rings. The number of carbonyl (C=O) groups is 3. The van der Waals surface area contributed by atoms with Crippen molar-refractivity contribution in [1.29, 1.82) is 0 Å². The molecule has 6 heteroatoms. The smallest absolute Gasteiger partial charge is 0.306 e. The molecule has 0 bridgehead atoms. The lowest BCUT2D eigenvalue weighted by atomic mass is 10.1. The number of rotatable bonds is 55. The summed E-state index contributed by atoms with van der Waals surface area (Å²) in [7, 11) is 0. The van der Waals surface area contributed by atoms with Crippen molar-refractivity contribution in [2.75, 3.05) is 13.2 Å². The van der Waals surface area contributed by atoms with E-state index in [9.17, 15) is 14.4 Å². The highest BCUT2D eigenvalue weighted by atomic mass is 16.6. The SMILES string of the molecule is CC/C=C\C/C=C\C/C=C\CCCCCCCCCCCC(=O)OCC(COC(=O)CCCCCCCCC/C=C\C/C=C\CCCCC)OC(=O)CCCCCCC/C=C\C=C/CCCCCCCCC. The van der Waals surface area contributed by atoms with E-state index in [0.717, 1.165) is 109 Å². The molecule has 1 atom stereocenters. The van der Waals surface area contributed by atoms with Gasteiger partial charge in [-0.1, -0.05) is 254 Å². The minimum absolute atomic E-state index is 0.0879. The third-order valence-corrected chi connectivity index (χ3v) is 13.1. The van der Waals surface area contributed by atoms with Gasteiger partial charge in [-0.25, -0.2) is 0 Å². The molecule has 0 aromatic heterocycles. The van der Waals surface area contributed by atoms with Gasteiger partial charge in [-0.2, -0.15) is 0 Å². The van der Waals surface area contributed by atoms with Crippen molar-refractivity contribution in [3.05, 3.63) is 85.1 Å². The van der Waals surface area contributed by atoms with Gasteiger partial charge in [0.2, 0.25) is 0 Å². The Morgan fingerprint density at radius 3 is 0.958 bits per heavy atom. The van der Waals surface area contributed by atoms with Crippen LogP contribution >= 0.6 is 0 Å². The predicted molar refractivity (Wildman–Crippen MR) is 311 cm³/mol. The van der Waals surface area contributed by atoms with Gasteiger partial charge in [0.25, 0.3) is 0 Å². The maximum atomic E-state index is 12.9. The molecular formula is C66H114O6. The second kappa shape index (κ2) is 60.1. The normalized spacial score (nSPS) is 12.7. The molecule has 0 saturated heterocycles. The van der Waals surface area contributed by atoms with Crippen LogP contribution in [-0.2, 0) is 28.6 Å².